The number of alkyl halides is 2. The van der Waals surface area contributed by atoms with Crippen molar-refractivity contribution in [1.82, 2.24) is 30.6 Å². The highest BCUT2D eigenvalue weighted by molar-refractivity contribution is 5.92. The molecule has 4 heterocycles. The zero-order chi connectivity index (χ0) is 25.9. The minimum atomic E-state index is -2.81. The van der Waals surface area contributed by atoms with Gasteiger partial charge in [-0.1, -0.05) is 30.3 Å². The summed E-state index contributed by atoms with van der Waals surface area (Å²) in [5.41, 5.74) is 4.12. The zero-order valence-corrected chi connectivity index (χ0v) is 20.5. The SMILES string of the molecule is O=c1[nH]c([C@@H]2CC(F)(F)CN2)nc2cc(-c3ccc4cc(-c5cnc([C@@H]6CCCN6)[nH]5)ccc4c3)ccc12. The number of aromatic amines is 2. The number of imidazole rings is 1. The third-order valence-electron chi connectivity index (χ3n) is 7.64. The number of nitrogens with zero attached hydrogens (tertiary/aromatic N) is 2. The van der Waals surface area contributed by atoms with Gasteiger partial charge >= 0.3 is 0 Å². The molecule has 2 saturated heterocycles. The van der Waals surface area contributed by atoms with Crippen molar-refractivity contribution in [2.24, 2.45) is 0 Å². The fourth-order valence-electron chi connectivity index (χ4n) is 5.58. The van der Waals surface area contributed by atoms with Gasteiger partial charge in [0.15, 0.2) is 0 Å². The fourth-order valence-corrected chi connectivity index (χ4v) is 5.58. The highest BCUT2D eigenvalue weighted by Crippen LogP contribution is 2.33. The van der Waals surface area contributed by atoms with Gasteiger partial charge < -0.3 is 20.6 Å². The molecule has 2 fully saturated rings. The second kappa shape index (κ2) is 8.82. The Balaban J connectivity index is 1.20. The van der Waals surface area contributed by atoms with Crippen LogP contribution in [0.15, 0.2) is 65.6 Å². The highest BCUT2D eigenvalue weighted by Gasteiger charge is 2.41. The van der Waals surface area contributed by atoms with Crippen LogP contribution in [0.4, 0.5) is 8.78 Å². The molecule has 0 aliphatic carbocycles. The molecule has 0 unspecified atom stereocenters. The number of halogens is 2. The first kappa shape index (κ1) is 23.2. The van der Waals surface area contributed by atoms with Crippen LogP contribution >= 0.6 is 0 Å². The Morgan fingerprint density at radius 1 is 0.842 bits per heavy atom. The first-order valence-electron chi connectivity index (χ1n) is 12.9. The molecular formula is C29H26F2N6O. The maximum Gasteiger partial charge on any atom is 0.262 e. The van der Waals surface area contributed by atoms with Gasteiger partial charge in [0.05, 0.1) is 41.4 Å². The van der Waals surface area contributed by atoms with E-state index in [0.29, 0.717) is 16.9 Å². The summed E-state index contributed by atoms with van der Waals surface area (Å²) in [5.74, 6) is -1.58. The number of hydrogen-bond donors (Lipinski definition) is 4. The summed E-state index contributed by atoms with van der Waals surface area (Å²) in [7, 11) is 0. The molecule has 38 heavy (non-hydrogen) atoms. The molecule has 0 spiro atoms. The second-order valence-corrected chi connectivity index (χ2v) is 10.3. The van der Waals surface area contributed by atoms with E-state index in [1.807, 2.05) is 24.4 Å². The molecule has 0 radical (unpaired) electrons. The van der Waals surface area contributed by atoms with E-state index in [2.05, 4.69) is 60.9 Å². The Labute approximate surface area is 216 Å². The van der Waals surface area contributed by atoms with E-state index < -0.39 is 18.5 Å². The normalized spacial score (nSPS) is 21.0. The van der Waals surface area contributed by atoms with Crippen LogP contribution in [-0.2, 0) is 0 Å². The van der Waals surface area contributed by atoms with Gasteiger partial charge in [-0.05, 0) is 65.6 Å². The van der Waals surface area contributed by atoms with Crippen molar-refractivity contribution in [3.8, 4) is 22.4 Å². The number of rotatable bonds is 4. The number of aromatic nitrogens is 4. The van der Waals surface area contributed by atoms with Gasteiger partial charge in [0, 0.05) is 12.0 Å². The average Bonchev–Trinajstić information content (AvgIpc) is 3.69. The summed E-state index contributed by atoms with van der Waals surface area (Å²) < 4.78 is 27.4. The Hall–Kier alpha value is -3.95. The van der Waals surface area contributed by atoms with Crippen LogP contribution in [0.1, 0.15) is 43.0 Å². The van der Waals surface area contributed by atoms with Crippen LogP contribution in [0.25, 0.3) is 44.1 Å². The average molecular weight is 513 g/mol. The van der Waals surface area contributed by atoms with Crippen LogP contribution in [0, 0.1) is 0 Å². The summed E-state index contributed by atoms with van der Waals surface area (Å²) in [4.78, 5) is 27.9. The maximum absolute atomic E-state index is 13.7. The van der Waals surface area contributed by atoms with E-state index in [9.17, 15) is 13.6 Å². The predicted molar refractivity (Wildman–Crippen MR) is 143 cm³/mol. The lowest BCUT2D eigenvalue weighted by molar-refractivity contribution is 0.0208. The molecule has 0 saturated carbocycles. The van der Waals surface area contributed by atoms with Gasteiger partial charge in [0.25, 0.3) is 11.5 Å². The van der Waals surface area contributed by atoms with Gasteiger partial charge in [-0.25, -0.2) is 18.7 Å². The fraction of sp³-hybridized carbons (Fsp3) is 0.276. The first-order valence-corrected chi connectivity index (χ1v) is 12.9. The number of H-pyrrole nitrogens is 2. The molecule has 2 atom stereocenters. The van der Waals surface area contributed by atoms with Crippen LogP contribution in [-0.4, -0.2) is 38.9 Å². The lowest BCUT2D eigenvalue weighted by atomic mass is 9.98. The van der Waals surface area contributed by atoms with Crippen molar-refractivity contribution in [2.45, 2.75) is 37.3 Å². The van der Waals surface area contributed by atoms with Crippen LogP contribution < -0.4 is 16.2 Å². The van der Waals surface area contributed by atoms with E-state index in [-0.39, 0.29) is 17.8 Å². The monoisotopic (exact) mass is 512 g/mol. The van der Waals surface area contributed by atoms with Gasteiger partial charge in [-0.3, -0.25) is 4.79 Å². The molecule has 2 aliphatic rings. The molecule has 0 bridgehead atoms. The summed E-state index contributed by atoms with van der Waals surface area (Å²) >= 11 is 0. The molecule has 192 valence electrons. The third-order valence-corrected chi connectivity index (χ3v) is 7.64. The van der Waals surface area contributed by atoms with Gasteiger partial charge in [0.2, 0.25) is 0 Å². The van der Waals surface area contributed by atoms with Crippen LogP contribution in [0.5, 0.6) is 0 Å². The summed E-state index contributed by atoms with van der Waals surface area (Å²) in [6.45, 7) is 0.609. The number of hydrogen-bond acceptors (Lipinski definition) is 5. The van der Waals surface area contributed by atoms with E-state index in [4.69, 9.17) is 0 Å². The Bertz CT molecular complexity index is 1740. The number of fused-ring (bicyclic) bond motifs is 2. The third kappa shape index (κ3) is 4.17. The Morgan fingerprint density at radius 3 is 2.37 bits per heavy atom. The van der Waals surface area contributed by atoms with Gasteiger partial charge in [-0.2, -0.15) is 0 Å². The molecule has 7 nitrogen and oxygen atoms in total. The lowest BCUT2D eigenvalue weighted by Crippen LogP contribution is -2.21. The molecule has 0 amide bonds. The smallest absolute Gasteiger partial charge is 0.262 e. The summed E-state index contributed by atoms with van der Waals surface area (Å²) in [6.07, 6.45) is 3.78. The predicted octanol–water partition coefficient (Wildman–Crippen LogP) is 5.23. The van der Waals surface area contributed by atoms with Crippen LogP contribution in [0.3, 0.4) is 0 Å². The second-order valence-electron chi connectivity index (χ2n) is 10.3. The van der Waals surface area contributed by atoms with Crippen molar-refractivity contribution in [2.75, 3.05) is 13.1 Å². The van der Waals surface area contributed by atoms with Crippen molar-refractivity contribution in [1.29, 1.82) is 0 Å². The quantitative estimate of drug-likeness (QED) is 0.264. The van der Waals surface area contributed by atoms with Crippen molar-refractivity contribution in [3.63, 3.8) is 0 Å². The van der Waals surface area contributed by atoms with Crippen molar-refractivity contribution >= 4 is 21.7 Å². The van der Waals surface area contributed by atoms with E-state index in [1.165, 1.54) is 6.42 Å². The molecule has 7 rings (SSSR count). The standard InChI is InChI=1S/C29H26F2N6O/c30-29(31)13-24(34-15-29)27-35-23-12-19(7-8-21(23)28(38)37-27)17-3-4-18-11-20(6-5-16(18)10-17)25-14-33-26(36-25)22-2-1-9-32-22/h3-8,10-12,14,22,24,32,34H,1-2,9,13,15H2,(H,33,36)(H,35,37,38)/t22-,24-/m0/s1. The Morgan fingerprint density at radius 2 is 1.61 bits per heavy atom. The minimum Gasteiger partial charge on any atom is -0.341 e. The van der Waals surface area contributed by atoms with Crippen molar-refractivity contribution in [3.05, 3.63) is 82.8 Å². The molecule has 2 aromatic heterocycles. The highest BCUT2D eigenvalue weighted by atomic mass is 19.3. The number of benzene rings is 3. The molecule has 2 aliphatic heterocycles. The summed E-state index contributed by atoms with van der Waals surface area (Å²) in [6, 6.07) is 17.6. The largest absolute Gasteiger partial charge is 0.341 e. The number of nitrogens with one attached hydrogen (secondary N) is 4. The summed E-state index contributed by atoms with van der Waals surface area (Å²) in [5, 5.41) is 8.85. The maximum atomic E-state index is 13.7. The van der Waals surface area contributed by atoms with Gasteiger partial charge in [0.1, 0.15) is 11.6 Å². The molecule has 4 N–H and O–H groups in total. The topological polar surface area (TPSA) is 98.5 Å². The Kier molecular flexibility index (Phi) is 5.38. The zero-order valence-electron chi connectivity index (χ0n) is 20.5. The lowest BCUT2D eigenvalue weighted by Gasteiger charge is -2.11. The molecule has 3 aromatic carbocycles. The van der Waals surface area contributed by atoms with E-state index in [0.717, 1.165) is 51.9 Å². The molecular weight excluding hydrogens is 486 g/mol. The molecule has 9 heteroatoms. The van der Waals surface area contributed by atoms with E-state index >= 15 is 0 Å². The van der Waals surface area contributed by atoms with Crippen molar-refractivity contribution < 1.29 is 8.78 Å². The molecule has 5 aromatic rings. The van der Waals surface area contributed by atoms with Gasteiger partial charge in [-0.15, -0.1) is 0 Å². The first-order chi connectivity index (χ1) is 18.4. The van der Waals surface area contributed by atoms with E-state index in [1.54, 1.807) is 6.07 Å². The van der Waals surface area contributed by atoms with Crippen LogP contribution in [0.2, 0.25) is 0 Å². The minimum absolute atomic E-state index is 0.244.